The Labute approximate surface area is 119 Å². The molecule has 1 heterocycles. The first-order chi connectivity index (χ1) is 9.86. The van der Waals surface area contributed by atoms with E-state index in [4.69, 9.17) is 5.84 Å². The topological polar surface area (TPSA) is 50.9 Å². The minimum atomic E-state index is 0.172. The number of nitrogens with one attached hydrogen (secondary N) is 1. The summed E-state index contributed by atoms with van der Waals surface area (Å²) in [5.74, 6) is 5.77. The van der Waals surface area contributed by atoms with E-state index >= 15 is 0 Å². The molecule has 0 fully saturated rings. The number of benzene rings is 1. The molecule has 1 aliphatic rings. The second-order valence-corrected chi connectivity index (χ2v) is 5.49. The summed E-state index contributed by atoms with van der Waals surface area (Å²) in [5, 5.41) is 1.17. The lowest BCUT2D eigenvalue weighted by Crippen LogP contribution is -2.28. The van der Waals surface area contributed by atoms with Gasteiger partial charge < -0.3 is 0 Å². The fraction of sp³-hybridized carbons (Fsp3) is 0.353. The Bertz CT molecular complexity index is 618. The van der Waals surface area contributed by atoms with Crippen LogP contribution in [0.1, 0.15) is 43.7 Å². The number of hydrazine groups is 1. The third kappa shape index (κ3) is 2.89. The summed E-state index contributed by atoms with van der Waals surface area (Å²) >= 11 is 0. The van der Waals surface area contributed by atoms with Gasteiger partial charge in [-0.3, -0.25) is 16.3 Å². The molecule has 3 nitrogen and oxygen atoms in total. The lowest BCUT2D eigenvalue weighted by atomic mass is 9.91. The molecule has 0 spiro atoms. The van der Waals surface area contributed by atoms with E-state index in [0.29, 0.717) is 0 Å². The van der Waals surface area contributed by atoms with Gasteiger partial charge in [-0.2, -0.15) is 0 Å². The average Bonchev–Trinajstić information content (AvgIpc) is 2.53. The molecule has 1 unspecified atom stereocenters. The van der Waals surface area contributed by atoms with Crippen molar-refractivity contribution in [1.82, 2.24) is 10.4 Å². The molecule has 104 valence electrons. The normalized spacial score (nSPS) is 16.9. The molecular weight excluding hydrogens is 246 g/mol. The van der Waals surface area contributed by atoms with Gasteiger partial charge in [0, 0.05) is 17.6 Å². The van der Waals surface area contributed by atoms with Crippen LogP contribution in [0.2, 0.25) is 0 Å². The minimum absolute atomic E-state index is 0.172. The summed E-state index contributed by atoms with van der Waals surface area (Å²) in [7, 11) is 0. The number of aromatic nitrogens is 1. The number of hydrogen-bond acceptors (Lipinski definition) is 3. The van der Waals surface area contributed by atoms with E-state index in [-0.39, 0.29) is 6.04 Å². The smallest absolute Gasteiger partial charge is 0.0705 e. The second-order valence-electron chi connectivity index (χ2n) is 5.49. The minimum Gasteiger partial charge on any atom is -0.271 e. The molecule has 1 aromatic carbocycles. The number of fused-ring (bicyclic) bond motifs is 1. The number of nitrogens with two attached hydrogens (primary N) is 1. The Morgan fingerprint density at radius 3 is 3.00 bits per heavy atom. The number of nitrogens with zero attached hydrogens (tertiary/aromatic N) is 1. The van der Waals surface area contributed by atoms with Crippen molar-refractivity contribution in [2.24, 2.45) is 5.84 Å². The van der Waals surface area contributed by atoms with Crippen molar-refractivity contribution in [3.8, 4) is 0 Å². The van der Waals surface area contributed by atoms with Crippen molar-refractivity contribution in [3.63, 3.8) is 0 Å². The fourth-order valence-corrected chi connectivity index (χ4v) is 2.93. The highest BCUT2D eigenvalue weighted by atomic mass is 15.2. The summed E-state index contributed by atoms with van der Waals surface area (Å²) in [4.78, 5) is 4.42. The molecule has 1 aromatic heterocycles. The zero-order valence-corrected chi connectivity index (χ0v) is 11.7. The molecule has 20 heavy (non-hydrogen) atoms. The molecule has 3 N–H and O–H groups in total. The van der Waals surface area contributed by atoms with Crippen LogP contribution in [0.4, 0.5) is 0 Å². The molecule has 0 saturated carbocycles. The molecule has 0 saturated heterocycles. The molecule has 1 aliphatic carbocycles. The standard InChI is InChI=1S/C17H21N3/c18-20-17(11-13-5-2-1-3-6-13)15-9-8-14-7-4-10-19-16(14)12-15/h4-5,7-10,12,17,20H,1-3,6,11,18H2. The van der Waals surface area contributed by atoms with Crippen LogP contribution in [-0.2, 0) is 0 Å². The first-order valence-electron chi connectivity index (χ1n) is 7.35. The molecule has 0 aliphatic heterocycles. The maximum absolute atomic E-state index is 5.77. The first kappa shape index (κ1) is 13.3. The van der Waals surface area contributed by atoms with Gasteiger partial charge in [-0.1, -0.05) is 29.8 Å². The molecule has 0 radical (unpaired) electrons. The summed E-state index contributed by atoms with van der Waals surface area (Å²) in [6, 6.07) is 10.6. The summed E-state index contributed by atoms with van der Waals surface area (Å²) in [6.45, 7) is 0. The zero-order valence-electron chi connectivity index (χ0n) is 11.7. The van der Waals surface area contributed by atoms with Gasteiger partial charge in [0.25, 0.3) is 0 Å². The molecule has 1 atom stereocenters. The van der Waals surface area contributed by atoms with E-state index in [1.165, 1.54) is 42.2 Å². The largest absolute Gasteiger partial charge is 0.271 e. The van der Waals surface area contributed by atoms with Crippen LogP contribution in [0.25, 0.3) is 10.9 Å². The van der Waals surface area contributed by atoms with Gasteiger partial charge in [-0.15, -0.1) is 0 Å². The van der Waals surface area contributed by atoms with Gasteiger partial charge >= 0.3 is 0 Å². The maximum atomic E-state index is 5.77. The highest BCUT2D eigenvalue weighted by molar-refractivity contribution is 5.79. The van der Waals surface area contributed by atoms with Gasteiger partial charge in [-0.05, 0) is 49.8 Å². The van der Waals surface area contributed by atoms with Crippen LogP contribution < -0.4 is 11.3 Å². The van der Waals surface area contributed by atoms with Crippen LogP contribution >= 0.6 is 0 Å². The Morgan fingerprint density at radius 1 is 1.25 bits per heavy atom. The molecular formula is C17H21N3. The van der Waals surface area contributed by atoms with Crippen molar-refractivity contribution >= 4 is 10.9 Å². The van der Waals surface area contributed by atoms with Gasteiger partial charge in [0.15, 0.2) is 0 Å². The third-order valence-corrected chi connectivity index (χ3v) is 4.08. The van der Waals surface area contributed by atoms with E-state index in [1.54, 1.807) is 0 Å². The highest BCUT2D eigenvalue weighted by Crippen LogP contribution is 2.28. The predicted molar refractivity (Wildman–Crippen MR) is 83.0 cm³/mol. The molecule has 0 amide bonds. The van der Waals surface area contributed by atoms with Gasteiger partial charge in [0.2, 0.25) is 0 Å². The van der Waals surface area contributed by atoms with Gasteiger partial charge in [-0.25, -0.2) is 0 Å². The van der Waals surface area contributed by atoms with Crippen molar-refractivity contribution in [3.05, 3.63) is 53.7 Å². The number of allylic oxidation sites excluding steroid dienone is 1. The van der Waals surface area contributed by atoms with E-state index in [2.05, 4.69) is 40.8 Å². The number of rotatable bonds is 4. The first-order valence-corrected chi connectivity index (χ1v) is 7.35. The molecule has 3 rings (SSSR count). The molecule has 3 heteroatoms. The van der Waals surface area contributed by atoms with Crippen LogP contribution in [0.5, 0.6) is 0 Å². The third-order valence-electron chi connectivity index (χ3n) is 4.08. The Balaban J connectivity index is 1.84. The second kappa shape index (κ2) is 6.16. The molecule has 0 bridgehead atoms. The van der Waals surface area contributed by atoms with E-state index in [0.717, 1.165) is 11.9 Å². The SMILES string of the molecule is NNC(CC1=CCCCC1)c1ccc2cccnc2c1. The average molecular weight is 267 g/mol. The lowest BCUT2D eigenvalue weighted by molar-refractivity contribution is 0.529. The van der Waals surface area contributed by atoms with Gasteiger partial charge in [0.05, 0.1) is 5.52 Å². The summed E-state index contributed by atoms with van der Waals surface area (Å²) in [6.07, 6.45) is 10.3. The van der Waals surface area contributed by atoms with E-state index < -0.39 is 0 Å². The van der Waals surface area contributed by atoms with Crippen molar-refractivity contribution in [1.29, 1.82) is 0 Å². The number of pyridine rings is 1. The lowest BCUT2D eigenvalue weighted by Gasteiger charge is -2.20. The quantitative estimate of drug-likeness (QED) is 0.505. The monoisotopic (exact) mass is 267 g/mol. The van der Waals surface area contributed by atoms with Crippen LogP contribution in [0.3, 0.4) is 0 Å². The summed E-state index contributed by atoms with van der Waals surface area (Å²) < 4.78 is 0. The van der Waals surface area contributed by atoms with E-state index in [9.17, 15) is 0 Å². The summed E-state index contributed by atoms with van der Waals surface area (Å²) in [5.41, 5.74) is 6.73. The Morgan fingerprint density at radius 2 is 2.20 bits per heavy atom. The van der Waals surface area contributed by atoms with Crippen LogP contribution in [0, 0.1) is 0 Å². The van der Waals surface area contributed by atoms with Gasteiger partial charge in [0.1, 0.15) is 0 Å². The van der Waals surface area contributed by atoms with Crippen LogP contribution in [0.15, 0.2) is 48.2 Å². The van der Waals surface area contributed by atoms with Crippen molar-refractivity contribution < 1.29 is 0 Å². The van der Waals surface area contributed by atoms with E-state index in [1.807, 2.05) is 12.3 Å². The van der Waals surface area contributed by atoms with Crippen molar-refractivity contribution in [2.75, 3.05) is 0 Å². The number of hydrogen-bond donors (Lipinski definition) is 2. The van der Waals surface area contributed by atoms with Crippen molar-refractivity contribution in [2.45, 2.75) is 38.1 Å². The predicted octanol–water partition coefficient (Wildman–Crippen LogP) is 3.63. The Hall–Kier alpha value is -1.71. The molecule has 2 aromatic rings. The highest BCUT2D eigenvalue weighted by Gasteiger charge is 2.14. The van der Waals surface area contributed by atoms with Crippen LogP contribution in [-0.4, -0.2) is 4.98 Å². The fourth-order valence-electron chi connectivity index (χ4n) is 2.93. The Kier molecular flexibility index (Phi) is 4.09. The zero-order chi connectivity index (χ0) is 13.8. The maximum Gasteiger partial charge on any atom is 0.0705 e.